The maximum atomic E-state index is 5.86. The number of benzene rings is 1. The molecular weight excluding hydrogens is 228 g/mol. The van der Waals surface area contributed by atoms with Crippen molar-refractivity contribution in [3.05, 3.63) is 47.3 Å². The summed E-state index contributed by atoms with van der Waals surface area (Å²) in [6.07, 6.45) is 0. The van der Waals surface area contributed by atoms with Gasteiger partial charge < -0.3 is 4.42 Å². The molecule has 0 saturated heterocycles. The van der Waals surface area contributed by atoms with Gasteiger partial charge in [0.1, 0.15) is 11.3 Å². The zero-order valence-corrected chi connectivity index (χ0v) is 10.8. The van der Waals surface area contributed by atoms with Crippen LogP contribution in [0.1, 0.15) is 24.6 Å². The van der Waals surface area contributed by atoms with Gasteiger partial charge in [-0.15, -0.1) is 11.3 Å². The van der Waals surface area contributed by atoms with Crippen LogP contribution in [0.4, 0.5) is 0 Å². The number of fused-ring (bicyclic) bond motifs is 1. The van der Waals surface area contributed by atoms with E-state index >= 15 is 0 Å². The predicted molar refractivity (Wildman–Crippen MR) is 73.6 cm³/mol. The minimum atomic E-state index is 0.582. The largest absolute Gasteiger partial charge is 0.455 e. The molecule has 0 aliphatic rings. The summed E-state index contributed by atoms with van der Waals surface area (Å²) in [6.45, 7) is 4.43. The van der Waals surface area contributed by atoms with E-state index in [0.717, 1.165) is 11.3 Å². The van der Waals surface area contributed by atoms with Crippen molar-refractivity contribution in [2.45, 2.75) is 19.8 Å². The summed E-state index contributed by atoms with van der Waals surface area (Å²) in [7, 11) is 0. The van der Waals surface area contributed by atoms with Crippen LogP contribution in [-0.4, -0.2) is 0 Å². The summed E-state index contributed by atoms with van der Waals surface area (Å²) >= 11 is 1.82. The number of hydrogen-bond acceptors (Lipinski definition) is 2. The first-order valence-electron chi connectivity index (χ1n) is 5.83. The van der Waals surface area contributed by atoms with Crippen LogP contribution >= 0.6 is 11.3 Å². The Morgan fingerprint density at radius 1 is 1.06 bits per heavy atom. The van der Waals surface area contributed by atoms with Crippen molar-refractivity contribution in [2.24, 2.45) is 0 Å². The van der Waals surface area contributed by atoms with Crippen LogP contribution in [0.3, 0.4) is 0 Å². The molecule has 0 atom stereocenters. The van der Waals surface area contributed by atoms with Crippen LogP contribution in [0.2, 0.25) is 0 Å². The second-order valence-electron chi connectivity index (χ2n) is 4.51. The Hall–Kier alpha value is -1.54. The lowest BCUT2D eigenvalue weighted by atomic mass is 10.2. The first-order valence-corrected chi connectivity index (χ1v) is 6.64. The topological polar surface area (TPSA) is 13.1 Å². The Bertz CT molecular complexity index is 613. The summed E-state index contributed by atoms with van der Waals surface area (Å²) in [5, 5.41) is 1.17. The lowest BCUT2D eigenvalue weighted by Gasteiger charge is -1.97. The van der Waals surface area contributed by atoms with Crippen LogP contribution in [0.25, 0.3) is 21.6 Å². The Kier molecular flexibility index (Phi) is 2.52. The normalized spacial score (nSPS) is 11.5. The Labute approximate surface area is 105 Å². The molecule has 0 aliphatic carbocycles. The SMILES string of the molecule is CC(C)c1ccc(-c2cc3ccccc3o2)s1. The zero-order valence-electron chi connectivity index (χ0n) is 9.94. The van der Waals surface area contributed by atoms with Gasteiger partial charge >= 0.3 is 0 Å². The lowest BCUT2D eigenvalue weighted by Crippen LogP contribution is -1.77. The van der Waals surface area contributed by atoms with Crippen LogP contribution in [0, 0.1) is 0 Å². The van der Waals surface area contributed by atoms with Gasteiger partial charge in [-0.1, -0.05) is 32.0 Å². The molecule has 0 bridgehead atoms. The van der Waals surface area contributed by atoms with E-state index in [1.807, 2.05) is 29.5 Å². The highest BCUT2D eigenvalue weighted by Crippen LogP contribution is 2.34. The molecule has 0 radical (unpaired) electrons. The molecule has 17 heavy (non-hydrogen) atoms. The van der Waals surface area contributed by atoms with E-state index in [1.54, 1.807) is 0 Å². The van der Waals surface area contributed by atoms with Crippen molar-refractivity contribution in [2.75, 3.05) is 0 Å². The fourth-order valence-corrected chi connectivity index (χ4v) is 2.86. The minimum Gasteiger partial charge on any atom is -0.455 e. The van der Waals surface area contributed by atoms with E-state index < -0.39 is 0 Å². The van der Waals surface area contributed by atoms with Gasteiger partial charge in [0.2, 0.25) is 0 Å². The fourth-order valence-electron chi connectivity index (χ4n) is 1.90. The van der Waals surface area contributed by atoms with Crippen molar-refractivity contribution in [3.8, 4) is 10.6 Å². The van der Waals surface area contributed by atoms with E-state index in [9.17, 15) is 0 Å². The van der Waals surface area contributed by atoms with Crippen molar-refractivity contribution in [3.63, 3.8) is 0 Å². The second kappa shape index (κ2) is 4.04. The molecule has 2 heteroatoms. The van der Waals surface area contributed by atoms with Gasteiger partial charge in [0, 0.05) is 10.3 Å². The maximum Gasteiger partial charge on any atom is 0.145 e. The number of furan rings is 1. The molecule has 3 aromatic rings. The van der Waals surface area contributed by atoms with Crippen molar-refractivity contribution >= 4 is 22.3 Å². The van der Waals surface area contributed by atoms with Gasteiger partial charge in [-0.05, 0) is 30.2 Å². The van der Waals surface area contributed by atoms with E-state index in [0.29, 0.717) is 5.92 Å². The van der Waals surface area contributed by atoms with E-state index in [2.05, 4.69) is 38.1 Å². The molecule has 0 N–H and O–H groups in total. The maximum absolute atomic E-state index is 5.86. The molecule has 2 heterocycles. The third-order valence-electron chi connectivity index (χ3n) is 2.86. The highest BCUT2D eigenvalue weighted by molar-refractivity contribution is 7.15. The van der Waals surface area contributed by atoms with E-state index in [1.165, 1.54) is 15.1 Å². The number of para-hydroxylation sites is 1. The molecule has 86 valence electrons. The molecule has 0 unspecified atom stereocenters. The van der Waals surface area contributed by atoms with Gasteiger partial charge in [-0.25, -0.2) is 0 Å². The fraction of sp³-hybridized carbons (Fsp3) is 0.200. The zero-order chi connectivity index (χ0) is 11.8. The van der Waals surface area contributed by atoms with Gasteiger partial charge in [0.25, 0.3) is 0 Å². The van der Waals surface area contributed by atoms with Crippen LogP contribution in [0.15, 0.2) is 46.9 Å². The highest BCUT2D eigenvalue weighted by Gasteiger charge is 2.09. The summed E-state index contributed by atoms with van der Waals surface area (Å²) < 4.78 is 5.86. The Morgan fingerprint density at radius 2 is 1.88 bits per heavy atom. The average molecular weight is 242 g/mol. The van der Waals surface area contributed by atoms with Crippen molar-refractivity contribution < 1.29 is 4.42 Å². The summed E-state index contributed by atoms with van der Waals surface area (Å²) in [6, 6.07) is 14.6. The first kappa shape index (κ1) is 10.6. The van der Waals surface area contributed by atoms with Crippen LogP contribution in [0.5, 0.6) is 0 Å². The van der Waals surface area contributed by atoms with Crippen LogP contribution < -0.4 is 0 Å². The van der Waals surface area contributed by atoms with Crippen molar-refractivity contribution in [1.29, 1.82) is 0 Å². The molecule has 3 rings (SSSR count). The molecule has 1 nitrogen and oxygen atoms in total. The molecule has 0 spiro atoms. The molecule has 0 amide bonds. The molecule has 0 saturated carbocycles. The molecule has 1 aromatic carbocycles. The standard InChI is InChI=1S/C15H14OS/c1-10(2)14-7-8-15(17-14)13-9-11-5-3-4-6-12(11)16-13/h3-10H,1-2H3. The van der Waals surface area contributed by atoms with Crippen LogP contribution in [-0.2, 0) is 0 Å². The summed E-state index contributed by atoms with van der Waals surface area (Å²) in [5.41, 5.74) is 0.960. The minimum absolute atomic E-state index is 0.582. The van der Waals surface area contributed by atoms with Gasteiger partial charge in [-0.2, -0.15) is 0 Å². The Morgan fingerprint density at radius 3 is 2.59 bits per heavy atom. The smallest absolute Gasteiger partial charge is 0.145 e. The molecule has 0 aliphatic heterocycles. The van der Waals surface area contributed by atoms with Gasteiger partial charge in [0.05, 0.1) is 4.88 Å². The average Bonchev–Trinajstić information content (AvgIpc) is 2.95. The molecule has 0 fully saturated rings. The van der Waals surface area contributed by atoms with Gasteiger partial charge in [-0.3, -0.25) is 0 Å². The molecule has 2 aromatic heterocycles. The van der Waals surface area contributed by atoms with Crippen molar-refractivity contribution in [1.82, 2.24) is 0 Å². The Balaban J connectivity index is 2.07. The summed E-state index contributed by atoms with van der Waals surface area (Å²) in [4.78, 5) is 2.62. The highest BCUT2D eigenvalue weighted by atomic mass is 32.1. The second-order valence-corrected chi connectivity index (χ2v) is 5.62. The number of hydrogen-bond donors (Lipinski definition) is 0. The first-order chi connectivity index (χ1) is 8.24. The summed E-state index contributed by atoms with van der Waals surface area (Å²) in [5.74, 6) is 1.56. The quantitative estimate of drug-likeness (QED) is 0.595. The third kappa shape index (κ3) is 1.89. The number of rotatable bonds is 2. The van der Waals surface area contributed by atoms with E-state index in [4.69, 9.17) is 4.42 Å². The predicted octanol–water partition coefficient (Wildman–Crippen LogP) is 5.28. The third-order valence-corrected chi connectivity index (χ3v) is 4.26. The van der Waals surface area contributed by atoms with E-state index in [-0.39, 0.29) is 0 Å². The number of thiophene rings is 1. The lowest BCUT2D eigenvalue weighted by molar-refractivity contribution is 0.633. The molecular formula is C15H14OS. The van der Waals surface area contributed by atoms with Gasteiger partial charge in [0.15, 0.2) is 0 Å². The monoisotopic (exact) mass is 242 g/mol.